The molecule has 0 atom stereocenters. The molecule has 0 spiro atoms. The van der Waals surface area contributed by atoms with Crippen LogP contribution in [0.4, 0.5) is 0 Å². The molecule has 1 heterocycles. The van der Waals surface area contributed by atoms with Crippen LogP contribution >= 0.6 is 46.3 Å². The topological polar surface area (TPSA) is 88.5 Å². The van der Waals surface area contributed by atoms with Gasteiger partial charge in [0.2, 0.25) is 0 Å². The number of aliphatic hydroxyl groups is 1. The van der Waals surface area contributed by atoms with E-state index in [4.69, 9.17) is 43.9 Å². The Kier molecular flexibility index (Phi) is 8.07. The van der Waals surface area contributed by atoms with Crippen LogP contribution in [-0.2, 0) is 12.2 Å². The number of amides is 1. The first-order valence-electron chi connectivity index (χ1n) is 13.6. The number of carbonyl (C=O) groups is 2. The molecular weight excluding hydrogens is 615 g/mol. The molecule has 42 heavy (non-hydrogen) atoms. The summed E-state index contributed by atoms with van der Waals surface area (Å²) in [4.78, 5) is 24.8. The van der Waals surface area contributed by atoms with E-state index in [0.29, 0.717) is 68.1 Å². The van der Waals surface area contributed by atoms with Gasteiger partial charge in [-0.05, 0) is 84.9 Å². The van der Waals surface area contributed by atoms with Gasteiger partial charge in [0.1, 0.15) is 12.4 Å². The van der Waals surface area contributed by atoms with Gasteiger partial charge in [-0.1, -0.05) is 59.1 Å². The fourth-order valence-electron chi connectivity index (χ4n) is 5.64. The molecule has 0 saturated heterocycles. The van der Waals surface area contributed by atoms with E-state index in [1.54, 1.807) is 36.4 Å². The number of hydrogen-bond donors (Lipinski definition) is 2. The number of rotatable bonds is 9. The predicted octanol–water partition coefficient (Wildman–Crippen LogP) is 8.16. The zero-order chi connectivity index (χ0) is 29.6. The molecular formula is C32H27Cl3N2O4S. The van der Waals surface area contributed by atoms with Gasteiger partial charge in [-0.25, -0.2) is 0 Å². The number of halogens is 3. The lowest BCUT2D eigenvalue weighted by Gasteiger charge is -2.45. The van der Waals surface area contributed by atoms with E-state index < -0.39 is 5.60 Å². The van der Waals surface area contributed by atoms with Crippen molar-refractivity contribution in [2.24, 2.45) is 0 Å². The molecule has 0 bridgehead atoms. The molecule has 10 heteroatoms. The van der Waals surface area contributed by atoms with Gasteiger partial charge >= 0.3 is 0 Å². The quantitative estimate of drug-likeness (QED) is 0.180. The highest BCUT2D eigenvalue weighted by molar-refractivity contribution is 7.06. The zero-order valence-electron chi connectivity index (χ0n) is 22.6. The third-order valence-corrected chi connectivity index (χ3v) is 10.1. The average Bonchev–Trinajstić information content (AvgIpc) is 3.73. The molecule has 216 valence electrons. The first kappa shape index (κ1) is 29.1. The standard InChI is InChI=1S/C32H27Cl3N2O4S/c1-36-31(39)22-11-18(7-8-19(22)15-38)20-13-32(40,14-20)24-10-9-21(12-27(24)35)41-16-23-29(37-42-30(23)17-5-6-17)28-25(33)3-2-4-26(28)34/h2-4,7-12,15,17,20,40H,5-6,13-14,16H2,1H3,(H,36,39). The number of aldehydes is 1. The summed E-state index contributed by atoms with van der Waals surface area (Å²) in [6.45, 7) is 0.283. The number of nitrogens with one attached hydrogen (secondary N) is 1. The molecule has 2 saturated carbocycles. The van der Waals surface area contributed by atoms with Crippen molar-refractivity contribution < 1.29 is 19.4 Å². The Morgan fingerprint density at radius 3 is 2.45 bits per heavy atom. The van der Waals surface area contributed by atoms with Crippen molar-refractivity contribution in [3.63, 3.8) is 0 Å². The molecule has 6 nitrogen and oxygen atoms in total. The minimum absolute atomic E-state index is 0.0214. The monoisotopic (exact) mass is 640 g/mol. The van der Waals surface area contributed by atoms with Gasteiger partial charge in [0.25, 0.3) is 5.91 Å². The Morgan fingerprint density at radius 2 is 1.81 bits per heavy atom. The molecule has 1 aromatic heterocycles. The summed E-state index contributed by atoms with van der Waals surface area (Å²) in [5, 5.41) is 15.5. The third-order valence-electron chi connectivity index (χ3n) is 8.11. The van der Waals surface area contributed by atoms with Crippen LogP contribution in [0.3, 0.4) is 0 Å². The van der Waals surface area contributed by atoms with E-state index in [9.17, 15) is 14.7 Å². The first-order chi connectivity index (χ1) is 20.2. The van der Waals surface area contributed by atoms with E-state index in [0.717, 1.165) is 29.7 Å². The second-order valence-electron chi connectivity index (χ2n) is 10.9. The Bertz CT molecular complexity index is 1680. The van der Waals surface area contributed by atoms with Crippen LogP contribution in [0.2, 0.25) is 15.1 Å². The molecule has 4 aromatic rings. The molecule has 6 rings (SSSR count). The van der Waals surface area contributed by atoms with Crippen LogP contribution in [0, 0.1) is 0 Å². The highest BCUT2D eigenvalue weighted by atomic mass is 35.5. The van der Waals surface area contributed by atoms with Crippen LogP contribution < -0.4 is 10.1 Å². The van der Waals surface area contributed by atoms with Gasteiger partial charge in [0.15, 0.2) is 6.29 Å². The summed E-state index contributed by atoms with van der Waals surface area (Å²) < 4.78 is 10.9. The van der Waals surface area contributed by atoms with Gasteiger partial charge in [0.05, 0.1) is 31.9 Å². The van der Waals surface area contributed by atoms with Crippen LogP contribution in [0.25, 0.3) is 11.3 Å². The third kappa shape index (κ3) is 5.45. The molecule has 2 N–H and O–H groups in total. The van der Waals surface area contributed by atoms with Crippen LogP contribution in [-0.4, -0.2) is 28.7 Å². The number of aromatic nitrogens is 1. The summed E-state index contributed by atoms with van der Waals surface area (Å²) in [6.07, 6.45) is 3.80. The number of benzene rings is 3. The summed E-state index contributed by atoms with van der Waals surface area (Å²) in [5.41, 5.74) is 3.50. The zero-order valence-corrected chi connectivity index (χ0v) is 25.7. The second-order valence-corrected chi connectivity index (χ2v) is 12.9. The van der Waals surface area contributed by atoms with Crippen molar-refractivity contribution in [3.05, 3.63) is 102 Å². The molecule has 2 aliphatic carbocycles. The van der Waals surface area contributed by atoms with E-state index >= 15 is 0 Å². The molecule has 1 amide bonds. The fraction of sp³-hybridized carbons (Fsp3) is 0.281. The summed E-state index contributed by atoms with van der Waals surface area (Å²) in [6, 6.07) is 16.0. The predicted molar refractivity (Wildman–Crippen MR) is 166 cm³/mol. The van der Waals surface area contributed by atoms with Crippen molar-refractivity contribution in [1.29, 1.82) is 0 Å². The number of nitrogens with zero attached hydrogens (tertiary/aromatic N) is 1. The van der Waals surface area contributed by atoms with Crippen molar-refractivity contribution in [2.75, 3.05) is 7.05 Å². The van der Waals surface area contributed by atoms with Crippen molar-refractivity contribution in [1.82, 2.24) is 9.69 Å². The van der Waals surface area contributed by atoms with E-state index in [2.05, 4.69) is 5.32 Å². The summed E-state index contributed by atoms with van der Waals surface area (Å²) in [5.74, 6) is 0.752. The van der Waals surface area contributed by atoms with Gasteiger partial charge < -0.3 is 15.2 Å². The Morgan fingerprint density at radius 1 is 1.07 bits per heavy atom. The van der Waals surface area contributed by atoms with Crippen molar-refractivity contribution >= 4 is 58.5 Å². The molecule has 2 fully saturated rings. The maximum absolute atomic E-state index is 12.2. The maximum Gasteiger partial charge on any atom is 0.251 e. The van der Waals surface area contributed by atoms with E-state index in [-0.39, 0.29) is 18.4 Å². The highest BCUT2D eigenvalue weighted by Gasteiger charge is 2.46. The van der Waals surface area contributed by atoms with Crippen LogP contribution in [0.1, 0.15) is 79.8 Å². The van der Waals surface area contributed by atoms with Crippen LogP contribution in [0.5, 0.6) is 5.75 Å². The van der Waals surface area contributed by atoms with Gasteiger partial charge in [-0.2, -0.15) is 4.37 Å². The lowest BCUT2D eigenvalue weighted by molar-refractivity contribution is -0.0549. The maximum atomic E-state index is 12.2. The lowest BCUT2D eigenvalue weighted by Crippen LogP contribution is -2.40. The highest BCUT2D eigenvalue weighted by Crippen LogP contribution is 2.53. The van der Waals surface area contributed by atoms with Gasteiger partial charge in [0, 0.05) is 34.2 Å². The Labute approximate surface area is 262 Å². The first-order valence-corrected chi connectivity index (χ1v) is 15.5. The van der Waals surface area contributed by atoms with Crippen molar-refractivity contribution in [2.45, 2.75) is 49.7 Å². The summed E-state index contributed by atoms with van der Waals surface area (Å²) >= 11 is 21.2. The Hall–Kier alpha value is -2.94. The normalized spacial score (nSPS) is 19.7. The van der Waals surface area contributed by atoms with Crippen molar-refractivity contribution in [3.8, 4) is 17.0 Å². The minimum Gasteiger partial charge on any atom is -0.489 e. The molecule has 3 aromatic carbocycles. The smallest absolute Gasteiger partial charge is 0.251 e. The largest absolute Gasteiger partial charge is 0.489 e. The van der Waals surface area contributed by atoms with Gasteiger partial charge in [-0.3, -0.25) is 9.59 Å². The number of hydrogen-bond acceptors (Lipinski definition) is 6. The summed E-state index contributed by atoms with van der Waals surface area (Å²) in [7, 11) is 1.53. The number of ether oxygens (including phenoxy) is 1. The van der Waals surface area contributed by atoms with E-state index in [1.165, 1.54) is 23.5 Å². The number of carbonyl (C=O) groups excluding carboxylic acids is 2. The van der Waals surface area contributed by atoms with Gasteiger partial charge in [-0.15, -0.1) is 0 Å². The van der Waals surface area contributed by atoms with E-state index in [1.807, 2.05) is 18.2 Å². The second kappa shape index (κ2) is 11.6. The fourth-order valence-corrected chi connectivity index (χ4v) is 7.60. The average molecular weight is 642 g/mol. The lowest BCUT2D eigenvalue weighted by atomic mass is 9.64. The SMILES string of the molecule is CNC(=O)c1cc(C2CC(O)(c3ccc(OCc4c(-c5c(Cl)cccc5Cl)nsc4C4CC4)cc3Cl)C2)ccc1C=O. The van der Waals surface area contributed by atoms with Crippen LogP contribution in [0.15, 0.2) is 54.6 Å². The molecule has 0 unspecified atom stereocenters. The minimum atomic E-state index is -1.11. The molecule has 2 aliphatic rings. The molecule has 0 radical (unpaired) electrons. The molecule has 0 aliphatic heterocycles. The Balaban J connectivity index is 1.18.